The lowest BCUT2D eigenvalue weighted by atomic mass is 10.1. The summed E-state index contributed by atoms with van der Waals surface area (Å²) in [6, 6.07) is 4.81. The first kappa shape index (κ1) is 13.1. The molecule has 19 heavy (non-hydrogen) atoms. The number of rotatable bonds is 3. The fourth-order valence-electron chi connectivity index (χ4n) is 1.91. The topological polar surface area (TPSA) is 76.7 Å². The van der Waals surface area contributed by atoms with Crippen LogP contribution in [-0.4, -0.2) is 17.2 Å². The number of carbonyl (C=O) groups is 1. The van der Waals surface area contributed by atoms with Crippen LogP contribution in [0, 0.1) is 13.8 Å². The summed E-state index contributed by atoms with van der Waals surface area (Å²) in [4.78, 5) is 22.2. The number of benzene rings is 1. The Bertz CT molecular complexity index is 699. The highest BCUT2D eigenvalue weighted by Crippen LogP contribution is 2.30. The van der Waals surface area contributed by atoms with Crippen molar-refractivity contribution in [3.63, 3.8) is 0 Å². The zero-order valence-electron chi connectivity index (χ0n) is 10.9. The third-order valence-corrected chi connectivity index (χ3v) is 2.80. The number of aliphatic carboxylic acids is 1. The quantitative estimate of drug-likeness (QED) is 0.858. The van der Waals surface area contributed by atoms with Crippen LogP contribution in [0.3, 0.4) is 0 Å². The van der Waals surface area contributed by atoms with Gasteiger partial charge in [-0.2, -0.15) is 0 Å². The van der Waals surface area contributed by atoms with Crippen molar-refractivity contribution in [3.05, 3.63) is 39.7 Å². The molecule has 5 heteroatoms. The summed E-state index contributed by atoms with van der Waals surface area (Å²) in [5, 5.41) is 9.52. The van der Waals surface area contributed by atoms with Gasteiger partial charge in [-0.1, -0.05) is 0 Å². The summed E-state index contributed by atoms with van der Waals surface area (Å²) < 4.78 is 10.6. The highest BCUT2D eigenvalue weighted by molar-refractivity contribution is 5.87. The summed E-state index contributed by atoms with van der Waals surface area (Å²) in [6.45, 7) is 5.03. The minimum absolute atomic E-state index is 0.401. The number of aryl methyl sites for hydroxylation is 2. The second-order valence-corrected chi connectivity index (χ2v) is 4.48. The van der Waals surface area contributed by atoms with Crippen LogP contribution in [0.25, 0.3) is 11.0 Å². The molecule has 0 saturated heterocycles. The van der Waals surface area contributed by atoms with E-state index in [0.29, 0.717) is 22.3 Å². The van der Waals surface area contributed by atoms with Gasteiger partial charge in [0, 0.05) is 6.07 Å². The minimum Gasteiger partial charge on any atom is -0.479 e. The van der Waals surface area contributed by atoms with E-state index in [-0.39, 0.29) is 0 Å². The highest BCUT2D eigenvalue weighted by Gasteiger charge is 2.16. The largest absolute Gasteiger partial charge is 0.479 e. The van der Waals surface area contributed by atoms with Crippen LogP contribution in [0.5, 0.6) is 5.75 Å². The molecule has 0 amide bonds. The maximum absolute atomic E-state index is 11.4. The Hall–Kier alpha value is -2.30. The molecule has 2 aromatic rings. The lowest BCUT2D eigenvalue weighted by Gasteiger charge is -2.14. The molecule has 100 valence electrons. The molecule has 0 aliphatic rings. The molecule has 0 bridgehead atoms. The first-order valence-corrected chi connectivity index (χ1v) is 5.83. The van der Waals surface area contributed by atoms with E-state index in [1.165, 1.54) is 13.0 Å². The molecule has 1 atom stereocenters. The maximum Gasteiger partial charge on any atom is 0.344 e. The van der Waals surface area contributed by atoms with Gasteiger partial charge < -0.3 is 14.3 Å². The molecular weight excluding hydrogens is 248 g/mol. The third kappa shape index (κ3) is 2.59. The van der Waals surface area contributed by atoms with Gasteiger partial charge in [0.2, 0.25) is 0 Å². The molecule has 5 nitrogen and oxygen atoms in total. The van der Waals surface area contributed by atoms with Crippen LogP contribution in [-0.2, 0) is 4.79 Å². The van der Waals surface area contributed by atoms with Crippen molar-refractivity contribution in [2.45, 2.75) is 26.9 Å². The van der Waals surface area contributed by atoms with Crippen LogP contribution in [0.15, 0.2) is 27.4 Å². The third-order valence-electron chi connectivity index (χ3n) is 2.80. The molecule has 0 radical (unpaired) electrons. The Morgan fingerprint density at radius 1 is 1.32 bits per heavy atom. The average molecular weight is 262 g/mol. The minimum atomic E-state index is -1.05. The van der Waals surface area contributed by atoms with Gasteiger partial charge in [-0.3, -0.25) is 0 Å². The Kier molecular flexibility index (Phi) is 3.29. The van der Waals surface area contributed by atoms with Crippen molar-refractivity contribution in [1.29, 1.82) is 0 Å². The van der Waals surface area contributed by atoms with E-state index in [9.17, 15) is 9.59 Å². The normalized spacial score (nSPS) is 12.4. The van der Waals surface area contributed by atoms with Crippen molar-refractivity contribution in [1.82, 2.24) is 0 Å². The molecule has 0 spiro atoms. The van der Waals surface area contributed by atoms with Crippen LogP contribution in [0.1, 0.15) is 18.1 Å². The van der Waals surface area contributed by atoms with Crippen molar-refractivity contribution in [2.24, 2.45) is 0 Å². The Morgan fingerprint density at radius 2 is 2.00 bits per heavy atom. The molecule has 1 aromatic carbocycles. The Labute approximate surface area is 109 Å². The summed E-state index contributed by atoms with van der Waals surface area (Å²) in [6.07, 6.45) is -0.976. The van der Waals surface area contributed by atoms with E-state index in [1.54, 1.807) is 19.1 Å². The SMILES string of the molecule is Cc1cc(O[C@@H](C)C(=O)O)c2c(C)cc(=O)oc2c1. The molecule has 2 rings (SSSR count). The van der Waals surface area contributed by atoms with Gasteiger partial charge in [0.25, 0.3) is 0 Å². The van der Waals surface area contributed by atoms with Gasteiger partial charge in [0.1, 0.15) is 11.3 Å². The second kappa shape index (κ2) is 4.76. The van der Waals surface area contributed by atoms with Crippen LogP contribution in [0.2, 0.25) is 0 Å². The van der Waals surface area contributed by atoms with Gasteiger partial charge in [0.05, 0.1) is 5.39 Å². The molecule has 0 aliphatic heterocycles. The average Bonchev–Trinajstić information content (AvgIpc) is 2.26. The van der Waals surface area contributed by atoms with Gasteiger partial charge in [0.15, 0.2) is 6.10 Å². The monoisotopic (exact) mass is 262 g/mol. The number of carboxylic acids is 1. The second-order valence-electron chi connectivity index (χ2n) is 4.48. The fraction of sp³-hybridized carbons (Fsp3) is 0.286. The Morgan fingerprint density at radius 3 is 2.63 bits per heavy atom. The zero-order valence-corrected chi connectivity index (χ0v) is 10.9. The number of carboxylic acid groups (broad SMARTS) is 1. The van der Waals surface area contributed by atoms with Crippen LogP contribution < -0.4 is 10.4 Å². The van der Waals surface area contributed by atoms with Gasteiger partial charge in [-0.15, -0.1) is 0 Å². The number of ether oxygens (including phenoxy) is 1. The van der Waals surface area contributed by atoms with Crippen molar-refractivity contribution in [3.8, 4) is 5.75 Å². The Balaban J connectivity index is 2.66. The molecule has 1 aromatic heterocycles. The van der Waals surface area contributed by atoms with Crippen LogP contribution in [0.4, 0.5) is 0 Å². The molecule has 0 unspecified atom stereocenters. The molecule has 0 fully saturated rings. The van der Waals surface area contributed by atoms with Crippen LogP contribution >= 0.6 is 0 Å². The number of hydrogen-bond donors (Lipinski definition) is 1. The molecule has 0 saturated carbocycles. The summed E-state index contributed by atoms with van der Waals surface area (Å²) >= 11 is 0. The van der Waals surface area contributed by atoms with E-state index in [0.717, 1.165) is 5.56 Å². The molecular formula is C14H14O5. The van der Waals surface area contributed by atoms with Crippen molar-refractivity contribution < 1.29 is 19.1 Å². The van der Waals surface area contributed by atoms with E-state index >= 15 is 0 Å². The lowest BCUT2D eigenvalue weighted by Crippen LogP contribution is -2.23. The van der Waals surface area contributed by atoms with E-state index in [4.69, 9.17) is 14.3 Å². The molecule has 1 N–H and O–H groups in total. The number of fused-ring (bicyclic) bond motifs is 1. The molecule has 0 aliphatic carbocycles. The summed E-state index contributed by atoms with van der Waals surface area (Å²) in [5.74, 6) is -0.643. The van der Waals surface area contributed by atoms with Gasteiger partial charge in [-0.05, 0) is 44.0 Å². The fourth-order valence-corrected chi connectivity index (χ4v) is 1.91. The zero-order chi connectivity index (χ0) is 14.2. The predicted octanol–water partition coefficient (Wildman–Crippen LogP) is 2.26. The first-order chi connectivity index (χ1) is 8.88. The van der Waals surface area contributed by atoms with E-state index in [1.807, 2.05) is 6.92 Å². The van der Waals surface area contributed by atoms with E-state index in [2.05, 4.69) is 0 Å². The first-order valence-electron chi connectivity index (χ1n) is 5.83. The number of hydrogen-bond acceptors (Lipinski definition) is 4. The van der Waals surface area contributed by atoms with Gasteiger partial charge >= 0.3 is 11.6 Å². The summed E-state index contributed by atoms with van der Waals surface area (Å²) in [7, 11) is 0. The molecule has 1 heterocycles. The summed E-state index contributed by atoms with van der Waals surface area (Å²) in [5.41, 5.74) is 1.48. The van der Waals surface area contributed by atoms with Crippen molar-refractivity contribution >= 4 is 16.9 Å². The van der Waals surface area contributed by atoms with Crippen molar-refractivity contribution in [2.75, 3.05) is 0 Å². The highest BCUT2D eigenvalue weighted by atomic mass is 16.5. The van der Waals surface area contributed by atoms with Gasteiger partial charge in [-0.25, -0.2) is 9.59 Å². The standard InChI is InChI=1S/C14H14O5/c1-7-4-10(18-9(3)14(16)17)13-8(2)6-12(15)19-11(13)5-7/h4-6,9H,1-3H3,(H,16,17)/t9-/m0/s1. The predicted molar refractivity (Wildman–Crippen MR) is 69.7 cm³/mol. The maximum atomic E-state index is 11.4. The van der Waals surface area contributed by atoms with E-state index < -0.39 is 17.7 Å². The lowest BCUT2D eigenvalue weighted by molar-refractivity contribution is -0.144. The smallest absolute Gasteiger partial charge is 0.344 e.